The van der Waals surface area contributed by atoms with E-state index in [0.29, 0.717) is 32.7 Å². The number of para-hydroxylation sites is 1. The van der Waals surface area contributed by atoms with E-state index in [0.717, 1.165) is 0 Å². The second-order valence-electron chi connectivity index (χ2n) is 7.40. The molecule has 0 aliphatic heterocycles. The molecule has 0 bridgehead atoms. The van der Waals surface area contributed by atoms with Crippen LogP contribution in [0, 0.1) is 5.82 Å². The molecule has 1 heterocycles. The van der Waals surface area contributed by atoms with Crippen molar-refractivity contribution in [1.82, 2.24) is 0 Å². The fourth-order valence-corrected chi connectivity index (χ4v) is 6.88. The molecule has 5 aromatic rings. The van der Waals surface area contributed by atoms with Crippen LogP contribution in [0.2, 0.25) is 0 Å². The predicted octanol–water partition coefficient (Wildman–Crippen LogP) is 5.24. The second kappa shape index (κ2) is 8.07. The molecule has 0 fully saturated rings. The first kappa shape index (κ1) is 20.2. The molecule has 156 valence electrons. The maximum absolute atomic E-state index is 15.0. The molecule has 0 saturated heterocycles. The number of halogens is 1. The van der Waals surface area contributed by atoms with Gasteiger partial charge in [0.1, 0.15) is 16.7 Å². The van der Waals surface area contributed by atoms with Gasteiger partial charge in [-0.15, -0.1) is 0 Å². The second-order valence-corrected chi connectivity index (χ2v) is 10.1. The Labute approximate surface area is 184 Å². The Morgan fingerprint density at radius 3 is 1.78 bits per heavy atom. The van der Waals surface area contributed by atoms with Crippen molar-refractivity contribution in [1.29, 1.82) is 0 Å². The van der Waals surface area contributed by atoms with Gasteiger partial charge in [0.2, 0.25) is 0 Å². The van der Waals surface area contributed by atoms with Crippen LogP contribution in [-0.4, -0.2) is 0 Å². The number of benzene rings is 4. The standard InChI is InChI=1S/C27H18FO3P/c28-20-17-15-19(16-18-20)25-23-13-7-8-14-24(23)31-27(29)26(25)32(30,21-9-3-1-4-10-21)22-11-5-2-6-12-22/h1-18H. The number of hydrogen-bond acceptors (Lipinski definition) is 3. The van der Waals surface area contributed by atoms with E-state index >= 15 is 4.57 Å². The van der Waals surface area contributed by atoms with Crippen LogP contribution in [0.15, 0.2) is 118 Å². The van der Waals surface area contributed by atoms with Crippen LogP contribution in [0.25, 0.3) is 22.1 Å². The number of rotatable bonds is 4. The molecule has 0 aliphatic carbocycles. The Kier molecular flexibility index (Phi) is 5.08. The quantitative estimate of drug-likeness (QED) is 0.284. The number of fused-ring (bicyclic) bond motifs is 1. The molecule has 4 aromatic carbocycles. The van der Waals surface area contributed by atoms with Gasteiger partial charge in [-0.25, -0.2) is 9.18 Å². The van der Waals surface area contributed by atoms with E-state index in [1.54, 1.807) is 72.8 Å². The zero-order valence-corrected chi connectivity index (χ0v) is 17.8. The summed E-state index contributed by atoms with van der Waals surface area (Å²) in [6.45, 7) is 0. The Morgan fingerprint density at radius 2 is 1.19 bits per heavy atom. The van der Waals surface area contributed by atoms with Crippen molar-refractivity contribution in [2.24, 2.45) is 0 Å². The molecule has 0 saturated carbocycles. The van der Waals surface area contributed by atoms with Crippen molar-refractivity contribution in [3.05, 3.63) is 125 Å². The normalized spacial score (nSPS) is 11.5. The van der Waals surface area contributed by atoms with Crippen LogP contribution in [0.3, 0.4) is 0 Å². The van der Waals surface area contributed by atoms with Gasteiger partial charge < -0.3 is 8.98 Å². The maximum atomic E-state index is 15.0. The van der Waals surface area contributed by atoms with E-state index in [2.05, 4.69) is 0 Å². The van der Waals surface area contributed by atoms with Crippen molar-refractivity contribution in [3.63, 3.8) is 0 Å². The lowest BCUT2D eigenvalue weighted by atomic mass is 10.0. The summed E-state index contributed by atoms with van der Waals surface area (Å²) in [5, 5.41) is 1.77. The zero-order chi connectivity index (χ0) is 22.1. The lowest BCUT2D eigenvalue weighted by molar-refractivity contribution is 0.563. The summed E-state index contributed by atoms with van der Waals surface area (Å²) in [6.07, 6.45) is 0. The molecule has 0 atom stereocenters. The summed E-state index contributed by atoms with van der Waals surface area (Å²) in [7, 11) is -3.63. The van der Waals surface area contributed by atoms with E-state index in [4.69, 9.17) is 4.42 Å². The molecule has 0 radical (unpaired) electrons. The molecule has 0 amide bonds. The van der Waals surface area contributed by atoms with Gasteiger partial charge in [-0.1, -0.05) is 91.0 Å². The topological polar surface area (TPSA) is 47.3 Å². The van der Waals surface area contributed by atoms with Crippen LogP contribution in [-0.2, 0) is 4.57 Å². The molecule has 5 rings (SSSR count). The molecule has 0 spiro atoms. The first-order valence-electron chi connectivity index (χ1n) is 10.1. The highest BCUT2D eigenvalue weighted by Gasteiger charge is 2.37. The van der Waals surface area contributed by atoms with Gasteiger partial charge in [0.05, 0.1) is 0 Å². The monoisotopic (exact) mass is 440 g/mol. The summed E-state index contributed by atoms with van der Waals surface area (Å²) < 4.78 is 34.4. The van der Waals surface area contributed by atoms with Gasteiger partial charge >= 0.3 is 5.63 Å². The summed E-state index contributed by atoms with van der Waals surface area (Å²) in [4.78, 5) is 13.5. The van der Waals surface area contributed by atoms with E-state index in [1.807, 2.05) is 24.3 Å². The third kappa shape index (κ3) is 3.30. The van der Waals surface area contributed by atoms with Gasteiger partial charge in [-0.05, 0) is 23.8 Å². The highest BCUT2D eigenvalue weighted by Crippen LogP contribution is 2.45. The Bertz CT molecular complexity index is 1460. The highest BCUT2D eigenvalue weighted by molar-refractivity contribution is 7.85. The van der Waals surface area contributed by atoms with Gasteiger partial charge in [0.15, 0.2) is 7.14 Å². The van der Waals surface area contributed by atoms with Gasteiger partial charge in [-0.3, -0.25) is 0 Å². The molecule has 0 unspecified atom stereocenters. The van der Waals surface area contributed by atoms with Crippen LogP contribution >= 0.6 is 7.14 Å². The van der Waals surface area contributed by atoms with Crippen molar-refractivity contribution >= 4 is 34.0 Å². The summed E-state index contributed by atoms with van der Waals surface area (Å²) in [5.41, 5.74) is 0.804. The zero-order valence-electron chi connectivity index (χ0n) is 16.9. The third-order valence-corrected chi connectivity index (χ3v) is 8.56. The average molecular weight is 440 g/mol. The van der Waals surface area contributed by atoms with Crippen LogP contribution in [0.1, 0.15) is 0 Å². The summed E-state index contributed by atoms with van der Waals surface area (Å²) >= 11 is 0. The lowest BCUT2D eigenvalue weighted by Gasteiger charge is -2.22. The maximum Gasteiger partial charge on any atom is 0.348 e. The predicted molar refractivity (Wildman–Crippen MR) is 127 cm³/mol. The van der Waals surface area contributed by atoms with Crippen molar-refractivity contribution in [3.8, 4) is 11.1 Å². The molecule has 0 aliphatic rings. The minimum atomic E-state index is -3.63. The average Bonchev–Trinajstić information content (AvgIpc) is 2.84. The first-order valence-corrected chi connectivity index (χ1v) is 11.8. The summed E-state index contributed by atoms with van der Waals surface area (Å²) in [5.74, 6) is -0.392. The largest absolute Gasteiger partial charge is 0.422 e. The molecule has 1 aromatic heterocycles. The molecular formula is C27H18FO3P. The minimum Gasteiger partial charge on any atom is -0.422 e. The minimum absolute atomic E-state index is 0.0835. The van der Waals surface area contributed by atoms with Crippen molar-refractivity contribution < 1.29 is 13.4 Å². The van der Waals surface area contributed by atoms with E-state index in [-0.39, 0.29) is 5.30 Å². The molecular weight excluding hydrogens is 422 g/mol. The van der Waals surface area contributed by atoms with Crippen LogP contribution < -0.4 is 21.5 Å². The molecule has 3 nitrogen and oxygen atoms in total. The van der Waals surface area contributed by atoms with E-state index in [9.17, 15) is 9.18 Å². The van der Waals surface area contributed by atoms with E-state index in [1.165, 1.54) is 12.1 Å². The van der Waals surface area contributed by atoms with Gasteiger partial charge in [0.25, 0.3) is 0 Å². The van der Waals surface area contributed by atoms with Crippen LogP contribution in [0.5, 0.6) is 0 Å². The smallest absolute Gasteiger partial charge is 0.348 e. The number of hydrogen-bond donors (Lipinski definition) is 0. The fraction of sp³-hybridized carbons (Fsp3) is 0. The SMILES string of the molecule is O=c1oc2ccccc2c(-c2ccc(F)cc2)c1P(=O)(c1ccccc1)c1ccccc1. The van der Waals surface area contributed by atoms with Crippen molar-refractivity contribution in [2.75, 3.05) is 0 Å². The molecule has 0 N–H and O–H groups in total. The van der Waals surface area contributed by atoms with Crippen LogP contribution in [0.4, 0.5) is 4.39 Å². The Morgan fingerprint density at radius 1 is 0.656 bits per heavy atom. The summed E-state index contributed by atoms with van der Waals surface area (Å²) in [6, 6.07) is 30.9. The van der Waals surface area contributed by atoms with E-state index < -0.39 is 18.6 Å². The highest BCUT2D eigenvalue weighted by atomic mass is 31.2. The molecule has 32 heavy (non-hydrogen) atoms. The first-order chi connectivity index (χ1) is 15.6. The van der Waals surface area contributed by atoms with Gasteiger partial charge in [0, 0.05) is 21.6 Å². The Hall–Kier alpha value is -3.75. The fourth-order valence-electron chi connectivity index (χ4n) is 4.02. The Balaban J connectivity index is 1.97. The van der Waals surface area contributed by atoms with Gasteiger partial charge in [-0.2, -0.15) is 0 Å². The third-order valence-electron chi connectivity index (χ3n) is 5.48. The van der Waals surface area contributed by atoms with Crippen molar-refractivity contribution in [2.45, 2.75) is 0 Å². The lowest BCUT2D eigenvalue weighted by Crippen LogP contribution is -2.35. The molecule has 5 heteroatoms.